The minimum Gasteiger partial charge on any atom is -0.324 e. The third kappa shape index (κ3) is 4.47. The van der Waals surface area contributed by atoms with Crippen LogP contribution in [0.5, 0.6) is 0 Å². The molecule has 1 heterocycles. The van der Waals surface area contributed by atoms with Crippen LogP contribution in [0.25, 0.3) is 0 Å². The van der Waals surface area contributed by atoms with Crippen molar-refractivity contribution in [3.63, 3.8) is 0 Å². The van der Waals surface area contributed by atoms with E-state index in [1.807, 2.05) is 62.4 Å². The molecule has 1 aliphatic heterocycles. The second-order valence-corrected chi connectivity index (χ2v) is 7.65. The molecular weight excluding hydrogens is 366 g/mol. The van der Waals surface area contributed by atoms with Crippen LogP contribution < -0.4 is 10.6 Å². The molecule has 0 aliphatic carbocycles. The van der Waals surface area contributed by atoms with Gasteiger partial charge in [0.25, 0.3) is 5.91 Å². The van der Waals surface area contributed by atoms with E-state index in [0.717, 1.165) is 33.7 Å². The lowest BCUT2D eigenvalue weighted by Crippen LogP contribution is -2.45. The van der Waals surface area contributed by atoms with Gasteiger partial charge in [0.15, 0.2) is 0 Å². The molecule has 1 saturated heterocycles. The fourth-order valence-corrected chi connectivity index (χ4v) is 3.62. The van der Waals surface area contributed by atoms with Crippen molar-refractivity contribution < 1.29 is 14.4 Å². The number of hydrogen-bond acceptors (Lipinski definition) is 3. The SMILES string of the molecule is CCc1cccc(C)c1NC(=O)CN1C(=O)N[C@](C)(CCc2ccccc2)C1=O. The number of para-hydroxylation sites is 1. The lowest BCUT2D eigenvalue weighted by molar-refractivity contribution is -0.133. The maximum atomic E-state index is 12.9. The number of amides is 4. The molecule has 2 aromatic rings. The number of carbonyl (C=O) groups is 3. The van der Waals surface area contributed by atoms with Gasteiger partial charge in [-0.1, -0.05) is 55.5 Å². The van der Waals surface area contributed by atoms with E-state index < -0.39 is 11.6 Å². The number of imide groups is 1. The van der Waals surface area contributed by atoms with Gasteiger partial charge in [-0.05, 0) is 49.8 Å². The number of urea groups is 1. The first-order chi connectivity index (χ1) is 13.8. The Labute approximate surface area is 171 Å². The molecule has 6 heteroatoms. The van der Waals surface area contributed by atoms with Gasteiger partial charge in [-0.2, -0.15) is 0 Å². The fraction of sp³-hybridized carbons (Fsp3) is 0.348. The molecule has 1 aliphatic rings. The summed E-state index contributed by atoms with van der Waals surface area (Å²) in [6, 6.07) is 15.1. The highest BCUT2D eigenvalue weighted by Crippen LogP contribution is 2.24. The number of benzene rings is 2. The number of aryl methyl sites for hydroxylation is 3. The van der Waals surface area contributed by atoms with Crippen LogP contribution in [0.4, 0.5) is 10.5 Å². The minimum atomic E-state index is -1.01. The van der Waals surface area contributed by atoms with Gasteiger partial charge in [0.2, 0.25) is 5.91 Å². The predicted molar refractivity (Wildman–Crippen MR) is 113 cm³/mol. The van der Waals surface area contributed by atoms with Gasteiger partial charge in [-0.3, -0.25) is 14.5 Å². The summed E-state index contributed by atoms with van der Waals surface area (Å²) in [5.74, 6) is -0.751. The monoisotopic (exact) mass is 393 g/mol. The molecule has 0 bridgehead atoms. The number of nitrogens with one attached hydrogen (secondary N) is 2. The molecule has 1 atom stereocenters. The van der Waals surface area contributed by atoms with Crippen LogP contribution in [0.2, 0.25) is 0 Å². The molecule has 0 aromatic heterocycles. The number of carbonyl (C=O) groups excluding carboxylic acids is 3. The molecule has 152 valence electrons. The Morgan fingerprint density at radius 1 is 1.10 bits per heavy atom. The Bertz CT molecular complexity index is 926. The van der Waals surface area contributed by atoms with Crippen molar-refractivity contribution in [3.05, 3.63) is 65.2 Å². The molecule has 29 heavy (non-hydrogen) atoms. The van der Waals surface area contributed by atoms with Gasteiger partial charge in [0, 0.05) is 5.69 Å². The average molecular weight is 393 g/mol. The van der Waals surface area contributed by atoms with Gasteiger partial charge >= 0.3 is 6.03 Å². The number of rotatable bonds is 7. The van der Waals surface area contributed by atoms with Crippen molar-refractivity contribution in [2.75, 3.05) is 11.9 Å². The summed E-state index contributed by atoms with van der Waals surface area (Å²) in [4.78, 5) is 38.9. The quantitative estimate of drug-likeness (QED) is 0.708. The average Bonchev–Trinajstić information content (AvgIpc) is 2.92. The lowest BCUT2D eigenvalue weighted by atomic mass is 9.93. The van der Waals surface area contributed by atoms with Crippen molar-refractivity contribution in [3.8, 4) is 0 Å². The summed E-state index contributed by atoms with van der Waals surface area (Å²) >= 11 is 0. The molecular formula is C23H27N3O3. The number of anilines is 1. The summed E-state index contributed by atoms with van der Waals surface area (Å²) in [6.45, 7) is 5.34. The molecule has 0 spiro atoms. The topological polar surface area (TPSA) is 78.5 Å². The first-order valence-corrected chi connectivity index (χ1v) is 9.90. The zero-order chi connectivity index (χ0) is 21.0. The van der Waals surface area contributed by atoms with Crippen LogP contribution in [0.3, 0.4) is 0 Å². The predicted octanol–water partition coefficient (Wildman–Crippen LogP) is 3.44. The van der Waals surface area contributed by atoms with Crippen molar-refractivity contribution in [2.24, 2.45) is 0 Å². The first-order valence-electron chi connectivity index (χ1n) is 9.90. The van der Waals surface area contributed by atoms with E-state index in [1.165, 1.54) is 0 Å². The molecule has 2 aromatic carbocycles. The molecule has 1 fully saturated rings. The fourth-order valence-electron chi connectivity index (χ4n) is 3.62. The van der Waals surface area contributed by atoms with Gasteiger partial charge in [-0.15, -0.1) is 0 Å². The summed E-state index contributed by atoms with van der Waals surface area (Å²) in [5, 5.41) is 5.63. The van der Waals surface area contributed by atoms with E-state index >= 15 is 0 Å². The van der Waals surface area contributed by atoms with Crippen LogP contribution >= 0.6 is 0 Å². The Hall–Kier alpha value is -3.15. The number of nitrogens with zero attached hydrogens (tertiary/aromatic N) is 1. The highest BCUT2D eigenvalue weighted by molar-refractivity contribution is 6.10. The van der Waals surface area contributed by atoms with Crippen molar-refractivity contribution in [1.29, 1.82) is 0 Å². The van der Waals surface area contributed by atoms with Crippen LogP contribution in [-0.4, -0.2) is 34.8 Å². The van der Waals surface area contributed by atoms with E-state index in [2.05, 4.69) is 10.6 Å². The maximum Gasteiger partial charge on any atom is 0.325 e. The summed E-state index contributed by atoms with van der Waals surface area (Å²) < 4.78 is 0. The molecule has 2 N–H and O–H groups in total. The smallest absolute Gasteiger partial charge is 0.324 e. The highest BCUT2D eigenvalue weighted by atomic mass is 16.2. The third-order valence-corrected chi connectivity index (χ3v) is 5.41. The summed E-state index contributed by atoms with van der Waals surface area (Å²) in [7, 11) is 0. The van der Waals surface area contributed by atoms with Gasteiger partial charge in [-0.25, -0.2) is 4.79 Å². The third-order valence-electron chi connectivity index (χ3n) is 5.41. The molecule has 3 rings (SSSR count). The molecule has 0 radical (unpaired) electrons. The zero-order valence-electron chi connectivity index (χ0n) is 17.1. The Morgan fingerprint density at radius 2 is 1.83 bits per heavy atom. The molecule has 4 amide bonds. The van der Waals surface area contributed by atoms with Crippen LogP contribution in [0.1, 0.15) is 37.0 Å². The highest BCUT2D eigenvalue weighted by Gasteiger charge is 2.47. The normalized spacial score (nSPS) is 18.7. The van der Waals surface area contributed by atoms with Crippen LogP contribution in [0.15, 0.2) is 48.5 Å². The Morgan fingerprint density at radius 3 is 2.52 bits per heavy atom. The van der Waals surface area contributed by atoms with E-state index in [9.17, 15) is 14.4 Å². The Balaban J connectivity index is 1.66. The van der Waals surface area contributed by atoms with Crippen LogP contribution in [-0.2, 0) is 22.4 Å². The minimum absolute atomic E-state index is 0.302. The lowest BCUT2D eigenvalue weighted by Gasteiger charge is -2.21. The van der Waals surface area contributed by atoms with E-state index in [-0.39, 0.29) is 18.4 Å². The van der Waals surface area contributed by atoms with Crippen LogP contribution in [0, 0.1) is 6.92 Å². The van der Waals surface area contributed by atoms with Crippen molar-refractivity contribution >= 4 is 23.5 Å². The van der Waals surface area contributed by atoms with Gasteiger partial charge in [0.1, 0.15) is 12.1 Å². The Kier molecular flexibility index (Phi) is 6.01. The second-order valence-electron chi connectivity index (χ2n) is 7.65. The van der Waals surface area contributed by atoms with E-state index in [4.69, 9.17) is 0 Å². The van der Waals surface area contributed by atoms with E-state index in [0.29, 0.717) is 12.8 Å². The molecule has 6 nitrogen and oxygen atoms in total. The summed E-state index contributed by atoms with van der Waals surface area (Å²) in [5.41, 5.74) is 2.80. The molecule has 0 saturated carbocycles. The van der Waals surface area contributed by atoms with E-state index in [1.54, 1.807) is 6.92 Å². The second kappa shape index (κ2) is 8.47. The van der Waals surface area contributed by atoms with Gasteiger partial charge < -0.3 is 10.6 Å². The summed E-state index contributed by atoms with van der Waals surface area (Å²) in [6.07, 6.45) is 1.90. The van der Waals surface area contributed by atoms with Crippen molar-refractivity contribution in [1.82, 2.24) is 10.2 Å². The molecule has 0 unspecified atom stereocenters. The maximum absolute atomic E-state index is 12.9. The first kappa shape index (κ1) is 20.6. The number of hydrogen-bond donors (Lipinski definition) is 2. The largest absolute Gasteiger partial charge is 0.325 e. The van der Waals surface area contributed by atoms with Gasteiger partial charge in [0.05, 0.1) is 0 Å². The zero-order valence-corrected chi connectivity index (χ0v) is 17.1. The van der Waals surface area contributed by atoms with Crippen molar-refractivity contribution in [2.45, 2.75) is 45.6 Å². The standard InChI is InChI=1S/C23H27N3O3/c1-4-18-12-8-9-16(2)20(18)24-19(27)15-26-21(28)23(3,25-22(26)29)14-13-17-10-6-5-7-11-17/h5-12H,4,13-15H2,1-3H3,(H,24,27)(H,25,29)/t23-/m1/s1.